The van der Waals surface area contributed by atoms with E-state index in [0.29, 0.717) is 0 Å². The molecule has 112 valence electrons. The molecule has 0 unspecified atom stereocenters. The first-order valence-corrected chi connectivity index (χ1v) is 7.53. The molecule has 3 aromatic rings. The highest BCUT2D eigenvalue weighted by atomic mass is 14.9. The first-order chi connectivity index (χ1) is 10.4. The summed E-state index contributed by atoms with van der Waals surface area (Å²) in [6.45, 7) is 8.72. The Labute approximate surface area is 131 Å². The maximum absolute atomic E-state index is 4.76. The van der Waals surface area contributed by atoms with Crippen LogP contribution in [0.5, 0.6) is 0 Å². The molecule has 22 heavy (non-hydrogen) atoms. The Morgan fingerprint density at radius 2 is 1.50 bits per heavy atom. The van der Waals surface area contributed by atoms with Gasteiger partial charge in [-0.05, 0) is 30.0 Å². The van der Waals surface area contributed by atoms with Gasteiger partial charge < -0.3 is 4.98 Å². The molecular weight excluding hydrogens is 270 g/mol. The van der Waals surface area contributed by atoms with Gasteiger partial charge in [-0.2, -0.15) is 0 Å². The molecule has 0 bridgehead atoms. The summed E-state index contributed by atoms with van der Waals surface area (Å²) in [5, 5.41) is 0. The van der Waals surface area contributed by atoms with E-state index in [1.165, 1.54) is 5.56 Å². The Morgan fingerprint density at radius 1 is 0.864 bits per heavy atom. The van der Waals surface area contributed by atoms with Gasteiger partial charge in [0.2, 0.25) is 0 Å². The van der Waals surface area contributed by atoms with Crippen molar-refractivity contribution in [1.29, 1.82) is 0 Å². The van der Waals surface area contributed by atoms with Crippen LogP contribution in [0.3, 0.4) is 0 Å². The first kappa shape index (κ1) is 14.5. The first-order valence-electron chi connectivity index (χ1n) is 7.53. The molecule has 3 heteroatoms. The monoisotopic (exact) mass is 291 g/mol. The van der Waals surface area contributed by atoms with E-state index < -0.39 is 0 Å². The van der Waals surface area contributed by atoms with E-state index in [2.05, 4.69) is 61.9 Å². The van der Waals surface area contributed by atoms with Gasteiger partial charge in [0.05, 0.1) is 5.69 Å². The SMILES string of the molecule is Cc1[nH]c(-c2ccc(C(C)(C)C)cc2)nc1-c1ccncc1. The highest BCUT2D eigenvalue weighted by Gasteiger charge is 2.14. The summed E-state index contributed by atoms with van der Waals surface area (Å²) in [5.41, 5.74) is 5.74. The van der Waals surface area contributed by atoms with Crippen molar-refractivity contribution >= 4 is 0 Å². The molecule has 1 N–H and O–H groups in total. The van der Waals surface area contributed by atoms with E-state index in [9.17, 15) is 0 Å². The molecule has 2 aromatic heterocycles. The zero-order chi connectivity index (χ0) is 15.7. The lowest BCUT2D eigenvalue weighted by Crippen LogP contribution is -2.10. The predicted molar refractivity (Wildman–Crippen MR) is 90.7 cm³/mol. The van der Waals surface area contributed by atoms with E-state index in [4.69, 9.17) is 4.98 Å². The van der Waals surface area contributed by atoms with Gasteiger partial charge in [0.15, 0.2) is 0 Å². The number of imidazole rings is 1. The van der Waals surface area contributed by atoms with Crippen LogP contribution in [-0.4, -0.2) is 15.0 Å². The summed E-state index contributed by atoms with van der Waals surface area (Å²) in [6, 6.07) is 12.6. The molecule has 0 radical (unpaired) electrons. The number of nitrogens with zero attached hydrogens (tertiary/aromatic N) is 2. The van der Waals surface area contributed by atoms with Gasteiger partial charge in [-0.25, -0.2) is 4.98 Å². The molecule has 0 aliphatic carbocycles. The summed E-state index contributed by atoms with van der Waals surface area (Å²) in [5.74, 6) is 0.907. The Balaban J connectivity index is 1.97. The predicted octanol–water partition coefficient (Wildman–Crippen LogP) is 4.74. The molecule has 0 spiro atoms. The van der Waals surface area contributed by atoms with Gasteiger partial charge in [0.1, 0.15) is 5.82 Å². The largest absolute Gasteiger partial charge is 0.342 e. The van der Waals surface area contributed by atoms with Crippen molar-refractivity contribution in [1.82, 2.24) is 15.0 Å². The number of aromatic nitrogens is 3. The zero-order valence-electron chi connectivity index (χ0n) is 13.5. The van der Waals surface area contributed by atoms with Gasteiger partial charge in [-0.3, -0.25) is 4.98 Å². The molecule has 3 rings (SSSR count). The average Bonchev–Trinajstić information content (AvgIpc) is 2.89. The normalized spacial score (nSPS) is 11.6. The van der Waals surface area contributed by atoms with Crippen molar-refractivity contribution in [3.63, 3.8) is 0 Å². The third-order valence-electron chi connectivity index (χ3n) is 3.86. The number of hydrogen-bond donors (Lipinski definition) is 1. The van der Waals surface area contributed by atoms with Crippen LogP contribution >= 0.6 is 0 Å². The Hall–Kier alpha value is -2.42. The second-order valence-electron chi connectivity index (χ2n) is 6.62. The average molecular weight is 291 g/mol. The van der Waals surface area contributed by atoms with E-state index in [0.717, 1.165) is 28.3 Å². The molecule has 1 aromatic carbocycles. The van der Waals surface area contributed by atoms with Gasteiger partial charge >= 0.3 is 0 Å². The third kappa shape index (κ3) is 2.80. The fraction of sp³-hybridized carbons (Fsp3) is 0.263. The van der Waals surface area contributed by atoms with E-state index in [1.807, 2.05) is 12.1 Å². The third-order valence-corrected chi connectivity index (χ3v) is 3.86. The number of H-pyrrole nitrogens is 1. The zero-order valence-corrected chi connectivity index (χ0v) is 13.5. The molecule has 0 saturated carbocycles. The summed E-state index contributed by atoms with van der Waals surface area (Å²) >= 11 is 0. The molecule has 0 atom stereocenters. The topological polar surface area (TPSA) is 41.6 Å². The molecule has 3 nitrogen and oxygen atoms in total. The Bertz CT molecular complexity index is 763. The number of benzene rings is 1. The standard InChI is InChI=1S/C19H21N3/c1-13-17(14-9-11-20-12-10-14)22-18(21-13)15-5-7-16(8-6-15)19(2,3)4/h5-12H,1-4H3,(H,21,22). The number of pyridine rings is 1. The fourth-order valence-electron chi connectivity index (χ4n) is 2.52. The van der Waals surface area contributed by atoms with E-state index in [1.54, 1.807) is 12.4 Å². The van der Waals surface area contributed by atoms with E-state index in [-0.39, 0.29) is 5.41 Å². The highest BCUT2D eigenvalue weighted by Crippen LogP contribution is 2.28. The molecule has 0 saturated heterocycles. The lowest BCUT2D eigenvalue weighted by molar-refractivity contribution is 0.590. The number of rotatable bonds is 2. The Kier molecular flexibility index (Phi) is 3.57. The summed E-state index contributed by atoms with van der Waals surface area (Å²) in [7, 11) is 0. The van der Waals surface area contributed by atoms with Crippen molar-refractivity contribution in [2.45, 2.75) is 33.1 Å². The van der Waals surface area contributed by atoms with Crippen molar-refractivity contribution in [3.8, 4) is 22.6 Å². The lowest BCUT2D eigenvalue weighted by Gasteiger charge is -2.18. The molecule has 0 fully saturated rings. The van der Waals surface area contributed by atoms with Crippen LogP contribution < -0.4 is 0 Å². The summed E-state index contributed by atoms with van der Waals surface area (Å²) in [6.07, 6.45) is 3.59. The van der Waals surface area contributed by atoms with Crippen molar-refractivity contribution in [2.24, 2.45) is 0 Å². The summed E-state index contributed by atoms with van der Waals surface area (Å²) in [4.78, 5) is 12.2. The second kappa shape index (κ2) is 5.41. The van der Waals surface area contributed by atoms with Crippen LogP contribution in [0.2, 0.25) is 0 Å². The fourth-order valence-corrected chi connectivity index (χ4v) is 2.52. The minimum absolute atomic E-state index is 0.166. The molecular formula is C19H21N3. The molecule has 2 heterocycles. The lowest BCUT2D eigenvalue weighted by atomic mass is 9.87. The smallest absolute Gasteiger partial charge is 0.138 e. The van der Waals surface area contributed by atoms with Crippen molar-refractivity contribution in [2.75, 3.05) is 0 Å². The van der Waals surface area contributed by atoms with Crippen LogP contribution in [0.4, 0.5) is 0 Å². The summed E-state index contributed by atoms with van der Waals surface area (Å²) < 4.78 is 0. The van der Waals surface area contributed by atoms with Gasteiger partial charge in [-0.15, -0.1) is 0 Å². The van der Waals surface area contributed by atoms with Crippen LogP contribution in [0.1, 0.15) is 32.0 Å². The Morgan fingerprint density at radius 3 is 2.09 bits per heavy atom. The van der Waals surface area contributed by atoms with Crippen molar-refractivity contribution in [3.05, 3.63) is 60.0 Å². The van der Waals surface area contributed by atoms with Crippen LogP contribution in [0.25, 0.3) is 22.6 Å². The number of aryl methyl sites for hydroxylation is 1. The molecule has 0 amide bonds. The number of hydrogen-bond acceptors (Lipinski definition) is 2. The van der Waals surface area contributed by atoms with Crippen LogP contribution in [0, 0.1) is 6.92 Å². The molecule has 0 aliphatic rings. The minimum Gasteiger partial charge on any atom is -0.342 e. The maximum Gasteiger partial charge on any atom is 0.138 e. The quantitative estimate of drug-likeness (QED) is 0.740. The van der Waals surface area contributed by atoms with Crippen molar-refractivity contribution < 1.29 is 0 Å². The second-order valence-corrected chi connectivity index (χ2v) is 6.62. The molecule has 0 aliphatic heterocycles. The number of nitrogens with one attached hydrogen (secondary N) is 1. The van der Waals surface area contributed by atoms with E-state index >= 15 is 0 Å². The number of aromatic amines is 1. The van der Waals surface area contributed by atoms with Crippen LogP contribution in [-0.2, 0) is 5.41 Å². The van der Waals surface area contributed by atoms with Gasteiger partial charge in [0, 0.05) is 29.2 Å². The van der Waals surface area contributed by atoms with Gasteiger partial charge in [0.25, 0.3) is 0 Å². The minimum atomic E-state index is 0.166. The van der Waals surface area contributed by atoms with Crippen LogP contribution in [0.15, 0.2) is 48.8 Å². The maximum atomic E-state index is 4.76. The highest BCUT2D eigenvalue weighted by molar-refractivity contribution is 5.67. The van der Waals surface area contributed by atoms with Gasteiger partial charge in [-0.1, -0.05) is 45.0 Å².